The number of nitrogens with one attached hydrogen (secondary N) is 1. The molecule has 3 N–H and O–H groups in total. The maximum absolute atomic E-state index is 12.8. The van der Waals surface area contributed by atoms with Crippen LogP contribution in [0.1, 0.15) is 6.92 Å². The summed E-state index contributed by atoms with van der Waals surface area (Å²) in [4.78, 5) is 23.8. The molecule has 0 aliphatic rings. The van der Waals surface area contributed by atoms with Gasteiger partial charge in [0, 0.05) is 12.2 Å². The first kappa shape index (κ1) is 14.9. The molecule has 19 heavy (non-hydrogen) atoms. The molecule has 1 aromatic carbocycles. The molecule has 104 valence electrons. The lowest BCUT2D eigenvalue weighted by Crippen LogP contribution is -2.49. The molecule has 2 amide bonds. The molecule has 0 spiro atoms. The van der Waals surface area contributed by atoms with E-state index in [1.165, 1.54) is 29.2 Å². The number of rotatable bonds is 5. The minimum absolute atomic E-state index is 0.273. The number of aliphatic hydroxyl groups is 1. The molecule has 0 fully saturated rings. The van der Waals surface area contributed by atoms with Crippen LogP contribution in [0, 0.1) is 5.82 Å². The highest BCUT2D eigenvalue weighted by Gasteiger charge is 2.22. The van der Waals surface area contributed by atoms with Gasteiger partial charge in [0.1, 0.15) is 5.82 Å². The molecule has 0 aliphatic carbocycles. The van der Waals surface area contributed by atoms with E-state index in [1.807, 2.05) is 0 Å². The second-order valence-corrected chi connectivity index (χ2v) is 3.74. The molecule has 0 heterocycles. The second-order valence-electron chi connectivity index (χ2n) is 3.74. The van der Waals surface area contributed by atoms with E-state index in [-0.39, 0.29) is 6.54 Å². The van der Waals surface area contributed by atoms with Gasteiger partial charge in [-0.25, -0.2) is 14.0 Å². The predicted molar refractivity (Wildman–Crippen MR) is 66.5 cm³/mol. The number of anilines is 1. The van der Waals surface area contributed by atoms with Crippen molar-refractivity contribution in [1.29, 1.82) is 0 Å². The first-order valence-electron chi connectivity index (χ1n) is 5.66. The Labute approximate surface area is 109 Å². The minimum Gasteiger partial charge on any atom is -0.480 e. The van der Waals surface area contributed by atoms with Crippen molar-refractivity contribution in [2.45, 2.75) is 13.0 Å². The van der Waals surface area contributed by atoms with Crippen molar-refractivity contribution in [3.63, 3.8) is 0 Å². The Kier molecular flexibility index (Phi) is 5.25. The van der Waals surface area contributed by atoms with Crippen LogP contribution in [-0.2, 0) is 4.79 Å². The summed E-state index contributed by atoms with van der Waals surface area (Å²) in [6.07, 6.45) is 0. The van der Waals surface area contributed by atoms with E-state index < -0.39 is 30.5 Å². The molecule has 1 atom stereocenters. The summed E-state index contributed by atoms with van der Waals surface area (Å²) in [6.45, 7) is 1.26. The lowest BCUT2D eigenvalue weighted by Gasteiger charge is -2.23. The van der Waals surface area contributed by atoms with Crippen LogP contribution in [0.15, 0.2) is 24.3 Å². The number of carboxylic acids is 1. The molecule has 1 aromatic rings. The number of carbonyl (C=O) groups excluding carboxylic acids is 1. The average Bonchev–Trinajstić information content (AvgIpc) is 2.38. The van der Waals surface area contributed by atoms with Crippen LogP contribution in [0.25, 0.3) is 0 Å². The number of hydrogen-bond donors (Lipinski definition) is 3. The van der Waals surface area contributed by atoms with Crippen LogP contribution in [0.5, 0.6) is 0 Å². The molecule has 0 bridgehead atoms. The number of benzene rings is 1. The summed E-state index contributed by atoms with van der Waals surface area (Å²) in [6, 6.07) is 3.18. The number of nitrogens with zero attached hydrogens (tertiary/aromatic N) is 1. The zero-order valence-electron chi connectivity index (χ0n) is 10.3. The molecule has 1 rings (SSSR count). The van der Waals surface area contributed by atoms with Crippen molar-refractivity contribution in [1.82, 2.24) is 5.32 Å². The highest BCUT2D eigenvalue weighted by Crippen LogP contribution is 2.14. The van der Waals surface area contributed by atoms with Gasteiger partial charge in [0.2, 0.25) is 0 Å². The molecule has 0 saturated carbocycles. The first-order valence-corrected chi connectivity index (χ1v) is 5.66. The highest BCUT2D eigenvalue weighted by atomic mass is 19.1. The van der Waals surface area contributed by atoms with Crippen LogP contribution >= 0.6 is 0 Å². The summed E-state index contributed by atoms with van der Waals surface area (Å²) >= 11 is 0. The minimum atomic E-state index is -1.37. The maximum atomic E-state index is 12.8. The van der Waals surface area contributed by atoms with Crippen LogP contribution in [0.4, 0.5) is 14.9 Å². The van der Waals surface area contributed by atoms with E-state index in [4.69, 9.17) is 10.2 Å². The Hall–Kier alpha value is -2.15. The number of urea groups is 1. The number of carbonyl (C=O) groups is 2. The van der Waals surface area contributed by atoms with Crippen LogP contribution in [0.3, 0.4) is 0 Å². The largest absolute Gasteiger partial charge is 0.480 e. The smallest absolute Gasteiger partial charge is 0.328 e. The standard InChI is InChI=1S/C12H15FN2O4/c1-2-15(9-5-3-8(13)4-6-9)12(19)14-10(7-16)11(17)18/h3-6,10,16H,2,7H2,1H3,(H,14,19)(H,17,18)/t10-/m1/s1. The summed E-state index contributed by atoms with van der Waals surface area (Å²) in [5, 5.41) is 19.8. The summed E-state index contributed by atoms with van der Waals surface area (Å²) in [5.74, 6) is -1.76. The van der Waals surface area contributed by atoms with Crippen molar-refractivity contribution >= 4 is 17.7 Å². The Bertz CT molecular complexity index is 450. The predicted octanol–water partition coefficient (Wildman–Crippen LogP) is 0.807. The van der Waals surface area contributed by atoms with Gasteiger partial charge >= 0.3 is 12.0 Å². The Morgan fingerprint density at radius 3 is 2.37 bits per heavy atom. The number of aliphatic hydroxyl groups excluding tert-OH is 1. The van der Waals surface area contributed by atoms with Gasteiger partial charge in [-0.2, -0.15) is 0 Å². The molecule has 0 unspecified atom stereocenters. The van der Waals surface area contributed by atoms with Gasteiger partial charge in [0.25, 0.3) is 0 Å². The first-order chi connectivity index (χ1) is 8.99. The van der Waals surface area contributed by atoms with Gasteiger partial charge in [0.05, 0.1) is 6.61 Å². The van der Waals surface area contributed by atoms with E-state index in [0.717, 1.165) is 0 Å². The average molecular weight is 270 g/mol. The number of aliphatic carboxylic acids is 1. The zero-order chi connectivity index (χ0) is 14.4. The van der Waals surface area contributed by atoms with Crippen LogP contribution < -0.4 is 10.2 Å². The molecular weight excluding hydrogens is 255 g/mol. The van der Waals surface area contributed by atoms with Crippen molar-refractivity contribution in [2.75, 3.05) is 18.1 Å². The SMILES string of the molecule is CCN(C(=O)N[C@H](CO)C(=O)O)c1ccc(F)cc1. The quantitative estimate of drug-likeness (QED) is 0.738. The molecule has 0 aromatic heterocycles. The van der Waals surface area contributed by atoms with Crippen LogP contribution in [-0.4, -0.2) is 41.4 Å². The third-order valence-electron chi connectivity index (χ3n) is 2.48. The fraction of sp³-hybridized carbons (Fsp3) is 0.333. The normalized spacial score (nSPS) is 11.7. The second kappa shape index (κ2) is 6.69. The highest BCUT2D eigenvalue weighted by molar-refractivity contribution is 5.94. The fourth-order valence-electron chi connectivity index (χ4n) is 1.48. The van der Waals surface area contributed by atoms with Gasteiger partial charge in [-0.05, 0) is 31.2 Å². The van der Waals surface area contributed by atoms with Gasteiger partial charge < -0.3 is 15.5 Å². The van der Waals surface area contributed by atoms with Gasteiger partial charge in [-0.1, -0.05) is 0 Å². The molecule has 6 nitrogen and oxygen atoms in total. The van der Waals surface area contributed by atoms with E-state index in [1.54, 1.807) is 6.92 Å². The number of hydrogen-bond acceptors (Lipinski definition) is 3. The summed E-state index contributed by atoms with van der Waals surface area (Å²) in [5.41, 5.74) is 0.434. The van der Waals surface area contributed by atoms with Crippen molar-refractivity contribution in [3.8, 4) is 0 Å². The van der Waals surface area contributed by atoms with Crippen LogP contribution in [0.2, 0.25) is 0 Å². The topological polar surface area (TPSA) is 89.9 Å². The number of amides is 2. The van der Waals surface area contributed by atoms with Gasteiger partial charge in [-0.3, -0.25) is 4.90 Å². The van der Waals surface area contributed by atoms with E-state index in [2.05, 4.69) is 5.32 Å². The van der Waals surface area contributed by atoms with Gasteiger partial charge in [0.15, 0.2) is 6.04 Å². The summed E-state index contributed by atoms with van der Waals surface area (Å²) < 4.78 is 12.8. The molecule has 0 saturated heterocycles. The fourth-order valence-corrected chi connectivity index (χ4v) is 1.48. The third kappa shape index (κ3) is 3.92. The lowest BCUT2D eigenvalue weighted by atomic mass is 10.3. The molecule has 0 aliphatic heterocycles. The third-order valence-corrected chi connectivity index (χ3v) is 2.48. The number of carboxylic acid groups (broad SMARTS) is 1. The van der Waals surface area contributed by atoms with E-state index in [9.17, 15) is 14.0 Å². The molecule has 7 heteroatoms. The monoisotopic (exact) mass is 270 g/mol. The maximum Gasteiger partial charge on any atom is 0.328 e. The Morgan fingerprint density at radius 1 is 1.37 bits per heavy atom. The lowest BCUT2D eigenvalue weighted by molar-refractivity contribution is -0.140. The molecular formula is C12H15FN2O4. The Morgan fingerprint density at radius 2 is 1.95 bits per heavy atom. The Balaban J connectivity index is 2.82. The van der Waals surface area contributed by atoms with Gasteiger partial charge in [-0.15, -0.1) is 0 Å². The van der Waals surface area contributed by atoms with E-state index >= 15 is 0 Å². The number of halogens is 1. The molecule has 0 radical (unpaired) electrons. The van der Waals surface area contributed by atoms with Crippen molar-refractivity contribution in [2.24, 2.45) is 0 Å². The van der Waals surface area contributed by atoms with E-state index in [0.29, 0.717) is 5.69 Å². The zero-order valence-corrected chi connectivity index (χ0v) is 10.3. The van der Waals surface area contributed by atoms with Crippen molar-refractivity contribution in [3.05, 3.63) is 30.1 Å². The summed E-state index contributed by atoms with van der Waals surface area (Å²) in [7, 11) is 0. The van der Waals surface area contributed by atoms with Crippen molar-refractivity contribution < 1.29 is 24.2 Å².